The zero-order valence-electron chi connectivity index (χ0n) is 8.60. The molecule has 2 rings (SSSR count). The molecule has 0 aliphatic rings. The zero-order valence-corrected chi connectivity index (χ0v) is 10.2. The Balaban J connectivity index is 2.45. The van der Waals surface area contributed by atoms with Crippen LogP contribution in [0.1, 0.15) is 0 Å². The van der Waals surface area contributed by atoms with Crippen molar-refractivity contribution >= 4 is 21.9 Å². The standard InChI is InChI=1S/C11H8BrFN2O2/c12-8-3-7(4-9(13)5-8)11-14-1-2-15(11)6-10(16)17/h1-5H,6H2,(H,16,17). The summed E-state index contributed by atoms with van der Waals surface area (Å²) in [4.78, 5) is 14.7. The Morgan fingerprint density at radius 3 is 2.88 bits per heavy atom. The van der Waals surface area contributed by atoms with E-state index < -0.39 is 11.8 Å². The van der Waals surface area contributed by atoms with Crippen LogP contribution in [-0.2, 0) is 11.3 Å². The summed E-state index contributed by atoms with van der Waals surface area (Å²) < 4.78 is 15.3. The van der Waals surface area contributed by atoms with E-state index in [1.807, 2.05) is 0 Å². The fourth-order valence-electron chi connectivity index (χ4n) is 1.53. The Morgan fingerprint density at radius 2 is 2.24 bits per heavy atom. The van der Waals surface area contributed by atoms with Crippen molar-refractivity contribution in [3.8, 4) is 11.4 Å². The van der Waals surface area contributed by atoms with E-state index in [9.17, 15) is 9.18 Å². The number of rotatable bonds is 3. The van der Waals surface area contributed by atoms with Gasteiger partial charge in [0.1, 0.15) is 18.2 Å². The average molecular weight is 299 g/mol. The van der Waals surface area contributed by atoms with Gasteiger partial charge in [-0.15, -0.1) is 0 Å². The molecule has 0 radical (unpaired) electrons. The minimum atomic E-state index is -0.972. The van der Waals surface area contributed by atoms with E-state index in [-0.39, 0.29) is 6.54 Å². The second-order valence-electron chi connectivity index (χ2n) is 3.43. The maximum absolute atomic E-state index is 13.2. The summed E-state index contributed by atoms with van der Waals surface area (Å²) in [6.07, 6.45) is 3.03. The second-order valence-corrected chi connectivity index (χ2v) is 4.35. The van der Waals surface area contributed by atoms with Crippen molar-refractivity contribution in [2.75, 3.05) is 0 Å². The van der Waals surface area contributed by atoms with E-state index >= 15 is 0 Å². The van der Waals surface area contributed by atoms with Gasteiger partial charge in [-0.2, -0.15) is 0 Å². The molecule has 1 heterocycles. The van der Waals surface area contributed by atoms with Crippen LogP contribution in [0.3, 0.4) is 0 Å². The first kappa shape index (κ1) is 11.8. The van der Waals surface area contributed by atoms with Gasteiger partial charge < -0.3 is 9.67 Å². The molecule has 1 aromatic carbocycles. The molecule has 0 spiro atoms. The lowest BCUT2D eigenvalue weighted by molar-refractivity contribution is -0.137. The maximum Gasteiger partial charge on any atom is 0.323 e. The van der Waals surface area contributed by atoms with Crippen LogP contribution < -0.4 is 0 Å². The van der Waals surface area contributed by atoms with E-state index in [0.717, 1.165) is 0 Å². The lowest BCUT2D eigenvalue weighted by Gasteiger charge is -2.05. The highest BCUT2D eigenvalue weighted by molar-refractivity contribution is 9.10. The largest absolute Gasteiger partial charge is 0.480 e. The number of carboxylic acid groups (broad SMARTS) is 1. The Hall–Kier alpha value is -1.69. The van der Waals surface area contributed by atoms with E-state index in [4.69, 9.17) is 5.11 Å². The molecule has 6 heteroatoms. The van der Waals surface area contributed by atoms with E-state index in [0.29, 0.717) is 15.9 Å². The topological polar surface area (TPSA) is 55.1 Å². The summed E-state index contributed by atoms with van der Waals surface area (Å²) in [6, 6.07) is 4.32. The Labute approximate surface area is 105 Å². The van der Waals surface area contributed by atoms with Crippen LogP contribution in [-0.4, -0.2) is 20.6 Å². The van der Waals surface area contributed by atoms with Crippen LogP contribution in [0.15, 0.2) is 35.1 Å². The fraction of sp³-hybridized carbons (Fsp3) is 0.0909. The summed E-state index contributed by atoms with van der Waals surface area (Å²) in [5, 5.41) is 8.73. The molecule has 0 saturated heterocycles. The number of carboxylic acids is 1. The van der Waals surface area contributed by atoms with Crippen molar-refractivity contribution in [3.63, 3.8) is 0 Å². The Kier molecular flexibility index (Phi) is 3.23. The van der Waals surface area contributed by atoms with Gasteiger partial charge in [0.2, 0.25) is 0 Å². The molecule has 4 nitrogen and oxygen atoms in total. The molecule has 0 fully saturated rings. The van der Waals surface area contributed by atoms with Gasteiger partial charge in [-0.25, -0.2) is 9.37 Å². The van der Waals surface area contributed by atoms with Crippen LogP contribution in [0.2, 0.25) is 0 Å². The molecule has 1 aromatic heterocycles. The molecule has 0 bridgehead atoms. The van der Waals surface area contributed by atoms with Gasteiger partial charge >= 0.3 is 5.97 Å². The van der Waals surface area contributed by atoms with Gasteiger partial charge in [-0.3, -0.25) is 4.79 Å². The first-order valence-electron chi connectivity index (χ1n) is 4.75. The molecule has 88 valence electrons. The molecule has 0 aliphatic heterocycles. The number of hydrogen-bond donors (Lipinski definition) is 1. The van der Waals surface area contributed by atoms with Crippen molar-refractivity contribution in [1.29, 1.82) is 0 Å². The molecule has 1 N–H and O–H groups in total. The number of hydrogen-bond acceptors (Lipinski definition) is 2. The Morgan fingerprint density at radius 1 is 1.47 bits per heavy atom. The number of carbonyl (C=O) groups is 1. The Bertz CT molecular complexity index is 548. The zero-order chi connectivity index (χ0) is 12.4. The van der Waals surface area contributed by atoms with Gasteiger partial charge in [-0.1, -0.05) is 15.9 Å². The molecule has 0 aliphatic carbocycles. The monoisotopic (exact) mass is 298 g/mol. The summed E-state index contributed by atoms with van der Waals surface area (Å²) in [6.45, 7) is -0.205. The fourth-order valence-corrected chi connectivity index (χ4v) is 1.99. The van der Waals surface area contributed by atoms with Crippen molar-refractivity contribution in [2.24, 2.45) is 0 Å². The minimum Gasteiger partial charge on any atom is -0.480 e. The highest BCUT2D eigenvalue weighted by atomic mass is 79.9. The van der Waals surface area contributed by atoms with Crippen LogP contribution in [0.25, 0.3) is 11.4 Å². The molecule has 0 saturated carbocycles. The predicted molar refractivity (Wildman–Crippen MR) is 63.0 cm³/mol. The number of aromatic nitrogens is 2. The van der Waals surface area contributed by atoms with E-state index in [1.165, 1.54) is 22.9 Å². The first-order valence-corrected chi connectivity index (χ1v) is 5.55. The number of benzene rings is 1. The average Bonchev–Trinajstić information content (AvgIpc) is 2.63. The highest BCUT2D eigenvalue weighted by Gasteiger charge is 2.10. The van der Waals surface area contributed by atoms with Crippen LogP contribution in [0, 0.1) is 5.82 Å². The summed E-state index contributed by atoms with van der Waals surface area (Å²) in [5.74, 6) is -0.952. The number of imidazole rings is 1. The molecule has 0 unspecified atom stereocenters. The van der Waals surface area contributed by atoms with Crippen LogP contribution >= 0.6 is 15.9 Å². The quantitative estimate of drug-likeness (QED) is 0.947. The van der Waals surface area contributed by atoms with Gasteiger partial charge in [-0.05, 0) is 18.2 Å². The first-order chi connectivity index (χ1) is 8.06. The molecule has 0 atom stereocenters. The van der Waals surface area contributed by atoms with E-state index in [1.54, 1.807) is 12.3 Å². The third-order valence-corrected chi connectivity index (χ3v) is 2.60. The van der Waals surface area contributed by atoms with Crippen molar-refractivity contribution in [3.05, 3.63) is 40.9 Å². The smallest absolute Gasteiger partial charge is 0.323 e. The number of halogens is 2. The van der Waals surface area contributed by atoms with Crippen LogP contribution in [0.4, 0.5) is 4.39 Å². The lowest BCUT2D eigenvalue weighted by atomic mass is 10.2. The lowest BCUT2D eigenvalue weighted by Crippen LogP contribution is -2.09. The van der Waals surface area contributed by atoms with Crippen molar-refractivity contribution < 1.29 is 14.3 Å². The molecular formula is C11H8BrFN2O2. The molecular weight excluding hydrogens is 291 g/mol. The SMILES string of the molecule is O=C(O)Cn1ccnc1-c1cc(F)cc(Br)c1. The van der Waals surface area contributed by atoms with E-state index in [2.05, 4.69) is 20.9 Å². The maximum atomic E-state index is 13.2. The minimum absolute atomic E-state index is 0.205. The number of aliphatic carboxylic acids is 1. The second kappa shape index (κ2) is 4.67. The van der Waals surface area contributed by atoms with Crippen molar-refractivity contribution in [2.45, 2.75) is 6.54 Å². The summed E-state index contributed by atoms with van der Waals surface area (Å²) in [7, 11) is 0. The molecule has 17 heavy (non-hydrogen) atoms. The third-order valence-electron chi connectivity index (χ3n) is 2.14. The van der Waals surface area contributed by atoms with Gasteiger partial charge in [0.15, 0.2) is 0 Å². The predicted octanol–water partition coefficient (Wildman–Crippen LogP) is 2.54. The summed E-state index contributed by atoms with van der Waals surface area (Å²) in [5.41, 5.74) is 0.531. The van der Waals surface area contributed by atoms with Crippen molar-refractivity contribution in [1.82, 2.24) is 9.55 Å². The van der Waals surface area contributed by atoms with Crippen LogP contribution in [0.5, 0.6) is 0 Å². The highest BCUT2D eigenvalue weighted by Crippen LogP contribution is 2.23. The van der Waals surface area contributed by atoms with Gasteiger partial charge in [0.05, 0.1) is 0 Å². The summed E-state index contributed by atoms with van der Waals surface area (Å²) >= 11 is 3.18. The van der Waals surface area contributed by atoms with Gasteiger partial charge in [0, 0.05) is 22.4 Å². The molecule has 2 aromatic rings. The van der Waals surface area contributed by atoms with Gasteiger partial charge in [0.25, 0.3) is 0 Å². The normalized spacial score (nSPS) is 10.5. The third kappa shape index (κ3) is 2.71. The molecule has 0 amide bonds. The number of nitrogens with zero attached hydrogens (tertiary/aromatic N) is 2.